The number of nitrogens with two attached hydrogens (primary N) is 2. The van der Waals surface area contributed by atoms with E-state index in [1.165, 1.54) is 4.70 Å². The van der Waals surface area contributed by atoms with E-state index in [1.807, 2.05) is 37.3 Å². The van der Waals surface area contributed by atoms with Crippen LogP contribution in [0.25, 0.3) is 20.8 Å². The number of aryl methyl sites for hydroxylation is 1. The third-order valence-electron chi connectivity index (χ3n) is 4.39. The molecule has 0 radical (unpaired) electrons. The number of anilines is 1. The molecule has 3 rings (SSSR count). The molecular formula is C20H24N4OS. The first-order valence-electron chi connectivity index (χ1n) is 8.81. The quantitative estimate of drug-likeness (QED) is 0.529. The molecule has 0 aliphatic heterocycles. The van der Waals surface area contributed by atoms with E-state index < -0.39 is 0 Å². The topological polar surface area (TPSA) is 94.0 Å². The normalized spacial score (nSPS) is 12.2. The molecule has 0 saturated heterocycles. The zero-order chi connectivity index (χ0) is 18.5. The Morgan fingerprint density at radius 1 is 1.23 bits per heavy atom. The lowest BCUT2D eigenvalue weighted by Crippen LogP contribution is -2.35. The number of carbonyl (C=O) groups is 1. The number of hydrogen-bond acceptors (Lipinski definition) is 5. The second kappa shape index (κ2) is 8.29. The fourth-order valence-electron chi connectivity index (χ4n) is 2.92. The summed E-state index contributed by atoms with van der Waals surface area (Å²) < 4.78 is 1.18. The number of rotatable bonds is 8. The van der Waals surface area contributed by atoms with E-state index in [0.29, 0.717) is 13.0 Å². The van der Waals surface area contributed by atoms with Gasteiger partial charge in [-0.2, -0.15) is 0 Å². The van der Waals surface area contributed by atoms with E-state index in [4.69, 9.17) is 16.5 Å². The molecule has 2 aromatic carbocycles. The lowest BCUT2D eigenvalue weighted by Gasteiger charge is -2.18. The Bertz CT molecular complexity index is 873. The smallest absolute Gasteiger partial charge is 0.239 e. The lowest BCUT2D eigenvalue weighted by atomic mass is 10.1. The molecule has 0 aliphatic rings. The Kier molecular flexibility index (Phi) is 5.85. The Balaban J connectivity index is 1.79. The third-order valence-corrected chi connectivity index (χ3v) is 5.47. The summed E-state index contributed by atoms with van der Waals surface area (Å²) in [4.78, 5) is 16.4. The number of unbranched alkanes of at least 4 members (excludes halogenated alkanes) is 1. The van der Waals surface area contributed by atoms with Crippen LogP contribution in [-0.4, -0.2) is 23.5 Å². The van der Waals surface area contributed by atoms with E-state index in [2.05, 4.69) is 17.4 Å². The molecule has 0 fully saturated rings. The van der Waals surface area contributed by atoms with Gasteiger partial charge in [0.05, 0.1) is 10.2 Å². The summed E-state index contributed by atoms with van der Waals surface area (Å²) in [6, 6.07) is 13.9. The zero-order valence-corrected chi connectivity index (χ0v) is 15.7. The van der Waals surface area contributed by atoms with Crippen molar-refractivity contribution >= 4 is 33.1 Å². The standard InChI is InChI=1S/C20H24N4OS/c1-13-12-14(20-24-16-6-2-3-8-18(16)26-20)9-10-15(13)23-17(19(22)25)7-4-5-11-21/h2-3,6,8-10,12,17,23H,4-5,7,11,21H2,1H3,(H2,22,25). The monoisotopic (exact) mass is 368 g/mol. The first-order valence-corrected chi connectivity index (χ1v) is 9.62. The maximum absolute atomic E-state index is 11.7. The average molecular weight is 369 g/mol. The van der Waals surface area contributed by atoms with Gasteiger partial charge in [-0.3, -0.25) is 4.79 Å². The van der Waals surface area contributed by atoms with Crippen LogP contribution in [0.5, 0.6) is 0 Å². The molecule has 5 N–H and O–H groups in total. The van der Waals surface area contributed by atoms with Crippen LogP contribution >= 0.6 is 11.3 Å². The predicted molar refractivity (Wildman–Crippen MR) is 109 cm³/mol. The Morgan fingerprint density at radius 2 is 2.04 bits per heavy atom. The number of fused-ring (bicyclic) bond motifs is 1. The van der Waals surface area contributed by atoms with Crippen LogP contribution in [-0.2, 0) is 4.79 Å². The van der Waals surface area contributed by atoms with Crippen LogP contribution < -0.4 is 16.8 Å². The Labute approximate surface area is 157 Å². The van der Waals surface area contributed by atoms with Crippen molar-refractivity contribution in [2.75, 3.05) is 11.9 Å². The minimum atomic E-state index is -0.381. The minimum Gasteiger partial charge on any atom is -0.373 e. The van der Waals surface area contributed by atoms with Crippen molar-refractivity contribution in [3.05, 3.63) is 48.0 Å². The average Bonchev–Trinajstić information content (AvgIpc) is 3.06. The number of aromatic nitrogens is 1. The van der Waals surface area contributed by atoms with Crippen molar-refractivity contribution in [3.8, 4) is 10.6 Å². The van der Waals surface area contributed by atoms with Gasteiger partial charge in [-0.25, -0.2) is 4.98 Å². The van der Waals surface area contributed by atoms with Gasteiger partial charge in [0.2, 0.25) is 5.91 Å². The molecule has 26 heavy (non-hydrogen) atoms. The lowest BCUT2D eigenvalue weighted by molar-refractivity contribution is -0.118. The number of nitrogens with one attached hydrogen (secondary N) is 1. The molecular weight excluding hydrogens is 344 g/mol. The molecule has 0 saturated carbocycles. The molecule has 6 heteroatoms. The van der Waals surface area contributed by atoms with Crippen molar-refractivity contribution in [3.63, 3.8) is 0 Å². The molecule has 1 amide bonds. The first-order chi connectivity index (χ1) is 12.6. The number of hydrogen-bond donors (Lipinski definition) is 3. The van der Waals surface area contributed by atoms with Crippen LogP contribution in [0.4, 0.5) is 5.69 Å². The number of nitrogens with zero attached hydrogens (tertiary/aromatic N) is 1. The molecule has 0 spiro atoms. The first kappa shape index (κ1) is 18.4. The number of para-hydroxylation sites is 1. The maximum atomic E-state index is 11.7. The largest absolute Gasteiger partial charge is 0.373 e. The number of carbonyl (C=O) groups excluding carboxylic acids is 1. The predicted octanol–water partition coefficient (Wildman–Crippen LogP) is 3.67. The van der Waals surface area contributed by atoms with E-state index >= 15 is 0 Å². The highest BCUT2D eigenvalue weighted by atomic mass is 32.1. The number of primary amides is 1. The Morgan fingerprint density at radius 3 is 2.73 bits per heavy atom. The van der Waals surface area contributed by atoms with Crippen molar-refractivity contribution in [2.24, 2.45) is 11.5 Å². The summed E-state index contributed by atoms with van der Waals surface area (Å²) in [5.41, 5.74) is 15.1. The van der Waals surface area contributed by atoms with Crippen LogP contribution in [0.3, 0.4) is 0 Å². The van der Waals surface area contributed by atoms with E-state index in [-0.39, 0.29) is 11.9 Å². The molecule has 1 atom stereocenters. The third kappa shape index (κ3) is 4.20. The summed E-state index contributed by atoms with van der Waals surface area (Å²) in [7, 11) is 0. The number of amides is 1. The van der Waals surface area contributed by atoms with E-state index in [9.17, 15) is 4.79 Å². The van der Waals surface area contributed by atoms with Crippen LogP contribution in [0, 0.1) is 6.92 Å². The summed E-state index contributed by atoms with van der Waals surface area (Å²) in [5.74, 6) is -0.336. The molecule has 1 heterocycles. The zero-order valence-electron chi connectivity index (χ0n) is 14.9. The number of benzene rings is 2. The Hall–Kier alpha value is -2.44. The molecule has 0 bridgehead atoms. The highest BCUT2D eigenvalue weighted by Gasteiger charge is 2.16. The maximum Gasteiger partial charge on any atom is 0.239 e. The molecule has 3 aromatic rings. The van der Waals surface area contributed by atoms with Gasteiger partial charge >= 0.3 is 0 Å². The fraction of sp³-hybridized carbons (Fsp3) is 0.300. The fourth-order valence-corrected chi connectivity index (χ4v) is 3.88. The summed E-state index contributed by atoms with van der Waals surface area (Å²) in [5, 5.41) is 4.27. The second-order valence-electron chi connectivity index (χ2n) is 6.40. The van der Waals surface area contributed by atoms with Gasteiger partial charge in [0.25, 0.3) is 0 Å². The molecule has 0 aliphatic carbocycles. The second-order valence-corrected chi connectivity index (χ2v) is 7.43. The van der Waals surface area contributed by atoms with Crippen LogP contribution in [0.1, 0.15) is 24.8 Å². The SMILES string of the molecule is Cc1cc(-c2nc3ccccc3s2)ccc1NC(CCCCN)C(N)=O. The van der Waals surface area contributed by atoms with Gasteiger partial charge in [-0.05, 0) is 68.6 Å². The molecule has 5 nitrogen and oxygen atoms in total. The van der Waals surface area contributed by atoms with Crippen molar-refractivity contribution in [1.82, 2.24) is 4.98 Å². The van der Waals surface area contributed by atoms with Gasteiger partial charge in [-0.15, -0.1) is 11.3 Å². The van der Waals surface area contributed by atoms with Crippen LogP contribution in [0.15, 0.2) is 42.5 Å². The van der Waals surface area contributed by atoms with Crippen molar-refractivity contribution < 1.29 is 4.79 Å². The molecule has 1 unspecified atom stereocenters. The van der Waals surface area contributed by atoms with Crippen molar-refractivity contribution in [2.45, 2.75) is 32.2 Å². The minimum absolute atomic E-state index is 0.336. The highest BCUT2D eigenvalue weighted by molar-refractivity contribution is 7.21. The molecule has 136 valence electrons. The van der Waals surface area contributed by atoms with Gasteiger partial charge in [0.15, 0.2) is 0 Å². The van der Waals surface area contributed by atoms with E-state index in [1.54, 1.807) is 11.3 Å². The summed E-state index contributed by atoms with van der Waals surface area (Å²) >= 11 is 1.68. The van der Waals surface area contributed by atoms with Crippen LogP contribution in [0.2, 0.25) is 0 Å². The van der Waals surface area contributed by atoms with Gasteiger partial charge in [0.1, 0.15) is 11.0 Å². The van der Waals surface area contributed by atoms with E-state index in [0.717, 1.165) is 40.2 Å². The summed E-state index contributed by atoms with van der Waals surface area (Å²) in [6.45, 7) is 2.65. The van der Waals surface area contributed by atoms with Crippen molar-refractivity contribution in [1.29, 1.82) is 0 Å². The number of thiazole rings is 1. The van der Waals surface area contributed by atoms with Gasteiger partial charge in [0, 0.05) is 11.3 Å². The van der Waals surface area contributed by atoms with Gasteiger partial charge < -0.3 is 16.8 Å². The summed E-state index contributed by atoms with van der Waals surface area (Å²) in [6.07, 6.45) is 2.45. The highest BCUT2D eigenvalue weighted by Crippen LogP contribution is 2.32. The van der Waals surface area contributed by atoms with Gasteiger partial charge in [-0.1, -0.05) is 12.1 Å². The molecule has 1 aromatic heterocycles.